The van der Waals surface area contributed by atoms with Gasteiger partial charge in [-0.25, -0.2) is 0 Å². The number of nitrogens with one attached hydrogen (secondary N) is 1. The van der Waals surface area contributed by atoms with Crippen molar-refractivity contribution in [3.8, 4) is 0 Å². The zero-order valence-electron chi connectivity index (χ0n) is 7.57. The molecule has 2 atom stereocenters. The number of hydrogen-bond donors (Lipinski definition) is 1. The number of rotatable bonds is 3. The Hall–Kier alpha value is -1.09. The second-order valence-electron chi connectivity index (χ2n) is 2.80. The lowest BCUT2D eigenvalue weighted by Crippen LogP contribution is -2.46. The van der Waals surface area contributed by atoms with Gasteiger partial charge < -0.3 is 10.2 Å². The Kier molecular flexibility index (Phi) is 3.05. The smallest absolute Gasteiger partial charge is 0.0824 e. The molecule has 0 saturated carbocycles. The molecule has 0 aliphatic carbocycles. The van der Waals surface area contributed by atoms with Crippen LogP contribution in [0.2, 0.25) is 0 Å². The highest BCUT2D eigenvalue weighted by Gasteiger charge is 2.18. The van der Waals surface area contributed by atoms with Crippen LogP contribution in [0, 0.1) is 0 Å². The maximum absolute atomic E-state index is 4.09. The second kappa shape index (κ2) is 4.07. The molecule has 1 heterocycles. The molecule has 1 aliphatic rings. The average Bonchev–Trinajstić information content (AvgIpc) is 2.10. The Morgan fingerprint density at radius 2 is 2.50 bits per heavy atom. The summed E-state index contributed by atoms with van der Waals surface area (Å²) in [5, 5.41) is 3.17. The minimum absolute atomic E-state index is 0.253. The molecule has 1 rings (SSSR count). The highest BCUT2D eigenvalue weighted by Crippen LogP contribution is 2.05. The summed E-state index contributed by atoms with van der Waals surface area (Å²) in [7, 11) is 3.95. The SMILES string of the molecule is C=CC(NC)C1C=NC=CN1C. The molecule has 3 nitrogen and oxygen atoms in total. The molecule has 1 aliphatic heterocycles. The summed E-state index contributed by atoms with van der Waals surface area (Å²) >= 11 is 0. The van der Waals surface area contributed by atoms with E-state index in [1.54, 1.807) is 6.20 Å². The topological polar surface area (TPSA) is 27.6 Å². The van der Waals surface area contributed by atoms with Crippen molar-refractivity contribution in [2.24, 2.45) is 4.99 Å². The highest BCUT2D eigenvalue weighted by molar-refractivity contribution is 5.68. The van der Waals surface area contributed by atoms with E-state index >= 15 is 0 Å². The number of aliphatic imine (C=N–C) groups is 1. The standard InChI is InChI=1S/C9H15N3/c1-4-8(10-2)9-7-11-5-6-12(9)3/h4-10H,1H2,2-3H3. The van der Waals surface area contributed by atoms with E-state index in [2.05, 4.69) is 21.8 Å². The first-order chi connectivity index (χ1) is 5.79. The molecule has 0 aromatic carbocycles. The second-order valence-corrected chi connectivity index (χ2v) is 2.80. The monoisotopic (exact) mass is 165 g/mol. The Morgan fingerprint density at radius 1 is 1.75 bits per heavy atom. The van der Waals surface area contributed by atoms with E-state index < -0.39 is 0 Å². The third kappa shape index (κ3) is 1.74. The van der Waals surface area contributed by atoms with Crippen LogP contribution in [0.1, 0.15) is 0 Å². The minimum atomic E-state index is 0.253. The lowest BCUT2D eigenvalue weighted by molar-refractivity contribution is 0.357. The average molecular weight is 165 g/mol. The van der Waals surface area contributed by atoms with Crippen LogP contribution in [-0.4, -0.2) is 37.3 Å². The molecule has 3 heteroatoms. The van der Waals surface area contributed by atoms with Crippen molar-refractivity contribution in [1.29, 1.82) is 0 Å². The van der Waals surface area contributed by atoms with Gasteiger partial charge in [0.05, 0.1) is 12.1 Å². The fourth-order valence-corrected chi connectivity index (χ4v) is 1.26. The summed E-state index contributed by atoms with van der Waals surface area (Å²) in [5.41, 5.74) is 0. The van der Waals surface area contributed by atoms with Crippen molar-refractivity contribution >= 4 is 6.21 Å². The van der Waals surface area contributed by atoms with Gasteiger partial charge in [-0.05, 0) is 7.05 Å². The molecule has 0 spiro atoms. The van der Waals surface area contributed by atoms with Crippen molar-refractivity contribution in [3.63, 3.8) is 0 Å². The van der Waals surface area contributed by atoms with Crippen LogP contribution in [-0.2, 0) is 0 Å². The van der Waals surface area contributed by atoms with E-state index in [1.165, 1.54) is 0 Å². The van der Waals surface area contributed by atoms with Crippen LogP contribution in [0.3, 0.4) is 0 Å². The molecular formula is C9H15N3. The molecule has 0 radical (unpaired) electrons. The predicted molar refractivity (Wildman–Crippen MR) is 52.2 cm³/mol. The first-order valence-electron chi connectivity index (χ1n) is 4.01. The molecule has 1 N–H and O–H groups in total. The maximum atomic E-state index is 4.09. The third-order valence-corrected chi connectivity index (χ3v) is 2.05. The van der Waals surface area contributed by atoms with Crippen molar-refractivity contribution in [2.75, 3.05) is 14.1 Å². The summed E-state index contributed by atoms with van der Waals surface area (Å²) in [4.78, 5) is 6.20. The van der Waals surface area contributed by atoms with E-state index in [-0.39, 0.29) is 12.1 Å². The molecule has 0 amide bonds. The predicted octanol–water partition coefficient (Wildman–Crippen LogP) is 0.616. The van der Waals surface area contributed by atoms with E-state index in [9.17, 15) is 0 Å². The normalized spacial score (nSPS) is 24.2. The van der Waals surface area contributed by atoms with Gasteiger partial charge in [0, 0.05) is 25.7 Å². The molecular weight excluding hydrogens is 150 g/mol. The summed E-state index contributed by atoms with van der Waals surface area (Å²) < 4.78 is 0. The van der Waals surface area contributed by atoms with Crippen LogP contribution in [0.25, 0.3) is 0 Å². The van der Waals surface area contributed by atoms with Crippen molar-refractivity contribution in [1.82, 2.24) is 10.2 Å². The quantitative estimate of drug-likeness (QED) is 0.621. The number of nitrogens with zero attached hydrogens (tertiary/aromatic N) is 2. The lowest BCUT2D eigenvalue weighted by atomic mass is 10.1. The van der Waals surface area contributed by atoms with Crippen LogP contribution in [0.15, 0.2) is 30.0 Å². The number of likely N-dealkylation sites (N-methyl/N-ethyl adjacent to an activating group) is 2. The first kappa shape index (κ1) is 9.00. The zero-order chi connectivity index (χ0) is 8.97. The molecule has 0 bridgehead atoms. The van der Waals surface area contributed by atoms with Gasteiger partial charge >= 0.3 is 0 Å². The minimum Gasteiger partial charge on any atom is -0.369 e. The van der Waals surface area contributed by atoms with Gasteiger partial charge in [-0.3, -0.25) is 4.99 Å². The summed E-state index contributed by atoms with van der Waals surface area (Å²) in [6, 6.07) is 0.529. The lowest BCUT2D eigenvalue weighted by Gasteiger charge is -2.30. The van der Waals surface area contributed by atoms with Crippen molar-refractivity contribution < 1.29 is 0 Å². The van der Waals surface area contributed by atoms with Gasteiger partial charge in [-0.2, -0.15) is 0 Å². The molecule has 66 valence electrons. The van der Waals surface area contributed by atoms with Gasteiger partial charge in [0.1, 0.15) is 0 Å². The van der Waals surface area contributed by atoms with Gasteiger partial charge in [-0.15, -0.1) is 6.58 Å². The molecule has 0 aromatic rings. The Morgan fingerprint density at radius 3 is 3.00 bits per heavy atom. The van der Waals surface area contributed by atoms with Crippen molar-refractivity contribution in [2.45, 2.75) is 12.1 Å². The van der Waals surface area contributed by atoms with E-state index in [0.29, 0.717) is 0 Å². The third-order valence-electron chi connectivity index (χ3n) is 2.05. The molecule has 12 heavy (non-hydrogen) atoms. The zero-order valence-corrected chi connectivity index (χ0v) is 7.57. The molecule has 2 unspecified atom stereocenters. The van der Waals surface area contributed by atoms with Gasteiger partial charge in [0.15, 0.2) is 0 Å². The molecule has 0 fully saturated rings. The summed E-state index contributed by atoms with van der Waals surface area (Å²) in [5.74, 6) is 0. The number of hydrogen-bond acceptors (Lipinski definition) is 3. The van der Waals surface area contributed by atoms with E-state index in [0.717, 1.165) is 0 Å². The van der Waals surface area contributed by atoms with Crippen molar-refractivity contribution in [3.05, 3.63) is 25.1 Å². The van der Waals surface area contributed by atoms with Crippen LogP contribution in [0.5, 0.6) is 0 Å². The Labute approximate surface area is 73.5 Å². The molecule has 0 aromatic heterocycles. The highest BCUT2D eigenvalue weighted by atomic mass is 15.2. The fraction of sp³-hybridized carbons (Fsp3) is 0.444. The Balaban J connectivity index is 2.66. The van der Waals surface area contributed by atoms with Gasteiger partial charge in [0.2, 0.25) is 0 Å². The largest absolute Gasteiger partial charge is 0.369 e. The maximum Gasteiger partial charge on any atom is 0.0824 e. The van der Waals surface area contributed by atoms with E-state index in [4.69, 9.17) is 0 Å². The van der Waals surface area contributed by atoms with Gasteiger partial charge in [0.25, 0.3) is 0 Å². The first-order valence-corrected chi connectivity index (χ1v) is 4.01. The van der Waals surface area contributed by atoms with Crippen LogP contribution >= 0.6 is 0 Å². The van der Waals surface area contributed by atoms with Crippen LogP contribution in [0.4, 0.5) is 0 Å². The van der Waals surface area contributed by atoms with Gasteiger partial charge in [-0.1, -0.05) is 6.08 Å². The molecule has 0 saturated heterocycles. The Bertz CT molecular complexity index is 208. The van der Waals surface area contributed by atoms with Crippen LogP contribution < -0.4 is 5.32 Å². The summed E-state index contributed by atoms with van der Waals surface area (Å²) in [6.45, 7) is 3.77. The summed E-state index contributed by atoms with van der Waals surface area (Å²) in [6.07, 6.45) is 7.56. The van der Waals surface area contributed by atoms with E-state index in [1.807, 2.05) is 32.6 Å². The fourth-order valence-electron chi connectivity index (χ4n) is 1.26.